The minimum absolute atomic E-state index is 0.0260. The SMILES string of the molecule is CC(C)Oc1ccc(-c2nc(C3=C4CC[C@@H](NC(=O)N5CCNCC5)C4C(C)C(C)C3)no2)cc1C#N. The molecule has 3 aliphatic rings. The van der Waals surface area contributed by atoms with Crippen LogP contribution in [0.3, 0.4) is 0 Å². The molecule has 2 amide bonds. The lowest BCUT2D eigenvalue weighted by molar-refractivity contribution is 0.176. The summed E-state index contributed by atoms with van der Waals surface area (Å²) in [5.41, 5.74) is 3.62. The van der Waals surface area contributed by atoms with Crippen LogP contribution >= 0.6 is 0 Å². The van der Waals surface area contributed by atoms with Crippen LogP contribution < -0.4 is 15.4 Å². The first-order chi connectivity index (χ1) is 17.9. The van der Waals surface area contributed by atoms with E-state index in [1.165, 1.54) is 5.57 Å². The van der Waals surface area contributed by atoms with Gasteiger partial charge in [-0.05, 0) is 63.1 Å². The Balaban J connectivity index is 1.39. The number of allylic oxidation sites excluding steroid dienone is 1. The zero-order valence-corrected chi connectivity index (χ0v) is 22.1. The molecule has 0 spiro atoms. The van der Waals surface area contributed by atoms with Crippen LogP contribution in [0.25, 0.3) is 17.0 Å². The topological polar surface area (TPSA) is 116 Å². The number of amides is 2. The van der Waals surface area contributed by atoms with E-state index >= 15 is 0 Å². The predicted octanol–water partition coefficient (Wildman–Crippen LogP) is 4.22. The van der Waals surface area contributed by atoms with Crippen molar-refractivity contribution in [2.45, 2.75) is 59.1 Å². The molecule has 196 valence electrons. The van der Waals surface area contributed by atoms with Gasteiger partial charge in [-0.2, -0.15) is 10.2 Å². The molecule has 1 aromatic heterocycles. The van der Waals surface area contributed by atoms with Crippen molar-refractivity contribution in [3.8, 4) is 23.3 Å². The van der Waals surface area contributed by atoms with E-state index in [9.17, 15) is 10.1 Å². The number of carbonyl (C=O) groups is 1. The predicted molar refractivity (Wildman–Crippen MR) is 140 cm³/mol. The second kappa shape index (κ2) is 10.5. The summed E-state index contributed by atoms with van der Waals surface area (Å²) >= 11 is 0. The number of piperazine rings is 1. The van der Waals surface area contributed by atoms with Gasteiger partial charge in [-0.1, -0.05) is 24.6 Å². The smallest absolute Gasteiger partial charge is 0.317 e. The molecule has 2 fully saturated rings. The van der Waals surface area contributed by atoms with Crippen molar-refractivity contribution in [2.75, 3.05) is 26.2 Å². The van der Waals surface area contributed by atoms with Crippen LogP contribution in [0.4, 0.5) is 4.79 Å². The Morgan fingerprint density at radius 2 is 2.08 bits per heavy atom. The van der Waals surface area contributed by atoms with Crippen molar-refractivity contribution in [1.82, 2.24) is 25.7 Å². The minimum atomic E-state index is -0.0260. The summed E-state index contributed by atoms with van der Waals surface area (Å²) in [5, 5.41) is 20.6. The van der Waals surface area contributed by atoms with Crippen LogP contribution in [0.15, 0.2) is 28.3 Å². The number of fused-ring (bicyclic) bond motifs is 1. The van der Waals surface area contributed by atoms with Crippen LogP contribution in [0.5, 0.6) is 5.75 Å². The number of nitrogens with one attached hydrogen (secondary N) is 2. The molecule has 1 saturated carbocycles. The lowest BCUT2D eigenvalue weighted by Gasteiger charge is -2.38. The molecular formula is C28H36N6O3. The van der Waals surface area contributed by atoms with E-state index in [4.69, 9.17) is 14.2 Å². The summed E-state index contributed by atoms with van der Waals surface area (Å²) in [7, 11) is 0. The molecule has 1 saturated heterocycles. The molecule has 9 nitrogen and oxygen atoms in total. The van der Waals surface area contributed by atoms with Crippen LogP contribution in [0.2, 0.25) is 0 Å². The highest BCUT2D eigenvalue weighted by Crippen LogP contribution is 2.49. The first kappa shape index (κ1) is 25.3. The van der Waals surface area contributed by atoms with Gasteiger partial charge in [0.1, 0.15) is 11.8 Å². The van der Waals surface area contributed by atoms with E-state index in [1.807, 2.05) is 24.8 Å². The lowest BCUT2D eigenvalue weighted by atomic mass is 9.70. The van der Waals surface area contributed by atoms with Crippen molar-refractivity contribution in [3.05, 3.63) is 35.2 Å². The minimum Gasteiger partial charge on any atom is -0.490 e. The summed E-state index contributed by atoms with van der Waals surface area (Å²) in [6.07, 6.45) is 2.70. The van der Waals surface area contributed by atoms with Crippen LogP contribution in [-0.2, 0) is 0 Å². The third kappa shape index (κ3) is 5.08. The Morgan fingerprint density at radius 1 is 1.30 bits per heavy atom. The Morgan fingerprint density at radius 3 is 2.81 bits per heavy atom. The molecular weight excluding hydrogens is 468 g/mol. The Kier molecular flexibility index (Phi) is 7.20. The van der Waals surface area contributed by atoms with Gasteiger partial charge in [0.2, 0.25) is 0 Å². The van der Waals surface area contributed by atoms with Crippen molar-refractivity contribution in [1.29, 1.82) is 5.26 Å². The van der Waals surface area contributed by atoms with Crippen LogP contribution in [0, 0.1) is 29.1 Å². The number of hydrogen-bond donors (Lipinski definition) is 2. The number of hydrogen-bond acceptors (Lipinski definition) is 7. The maximum atomic E-state index is 13.0. The third-order valence-corrected chi connectivity index (χ3v) is 8.06. The van der Waals surface area contributed by atoms with Crippen molar-refractivity contribution in [3.63, 3.8) is 0 Å². The second-order valence-electron chi connectivity index (χ2n) is 10.8. The van der Waals surface area contributed by atoms with Gasteiger partial charge in [-0.3, -0.25) is 0 Å². The van der Waals surface area contributed by atoms with E-state index < -0.39 is 0 Å². The molecule has 1 aromatic carbocycles. The molecule has 2 N–H and O–H groups in total. The van der Waals surface area contributed by atoms with E-state index in [-0.39, 0.29) is 24.1 Å². The van der Waals surface area contributed by atoms with E-state index in [1.54, 1.807) is 12.1 Å². The number of carbonyl (C=O) groups excluding carboxylic acids is 1. The van der Waals surface area contributed by atoms with E-state index in [0.29, 0.717) is 40.4 Å². The monoisotopic (exact) mass is 504 g/mol. The van der Waals surface area contributed by atoms with Crippen molar-refractivity contribution in [2.24, 2.45) is 17.8 Å². The van der Waals surface area contributed by atoms with Gasteiger partial charge in [-0.25, -0.2) is 4.79 Å². The standard InChI is InChI=1S/C28H36N6O3/c1-16(2)36-24-8-5-19(14-20(24)15-29)27-32-26(33-37-27)22-13-17(3)18(4)25-21(22)6-7-23(25)31-28(35)34-11-9-30-10-12-34/h5,8,14,16-18,23,25,30H,6-7,9-13H2,1-4H3,(H,31,35)/t17?,18?,23-,25?/m1/s1. The normalized spacial score (nSPS) is 25.7. The second-order valence-corrected chi connectivity index (χ2v) is 10.8. The van der Waals surface area contributed by atoms with Gasteiger partial charge in [0.25, 0.3) is 5.89 Å². The highest BCUT2D eigenvalue weighted by atomic mass is 16.5. The number of benzene rings is 1. The zero-order chi connectivity index (χ0) is 26.1. The quantitative estimate of drug-likeness (QED) is 0.626. The first-order valence-electron chi connectivity index (χ1n) is 13.4. The van der Waals surface area contributed by atoms with Gasteiger partial charge in [0.05, 0.1) is 11.7 Å². The summed E-state index contributed by atoms with van der Waals surface area (Å²) in [5.74, 6) is 2.70. The number of nitrogens with zero attached hydrogens (tertiary/aromatic N) is 4. The fraction of sp³-hybridized carbons (Fsp3) is 0.571. The Bertz CT molecular complexity index is 1220. The van der Waals surface area contributed by atoms with E-state index in [0.717, 1.165) is 51.0 Å². The van der Waals surface area contributed by atoms with Gasteiger partial charge < -0.3 is 24.8 Å². The molecule has 0 radical (unpaired) electrons. The Labute approximate surface area is 218 Å². The maximum absolute atomic E-state index is 13.0. The summed E-state index contributed by atoms with van der Waals surface area (Å²) < 4.78 is 11.4. The van der Waals surface area contributed by atoms with Crippen molar-refractivity contribution >= 4 is 11.6 Å². The molecule has 4 atom stereocenters. The average Bonchev–Trinajstić information content (AvgIpc) is 3.55. The molecule has 2 heterocycles. The molecule has 2 aliphatic carbocycles. The number of ether oxygens (including phenoxy) is 1. The number of rotatable bonds is 5. The fourth-order valence-electron chi connectivity index (χ4n) is 6.01. The van der Waals surface area contributed by atoms with Gasteiger partial charge in [-0.15, -0.1) is 0 Å². The van der Waals surface area contributed by atoms with Crippen LogP contribution in [0.1, 0.15) is 58.3 Å². The number of nitriles is 1. The molecule has 5 rings (SSSR count). The largest absolute Gasteiger partial charge is 0.490 e. The average molecular weight is 505 g/mol. The van der Waals surface area contributed by atoms with Gasteiger partial charge in [0, 0.05) is 49.3 Å². The third-order valence-electron chi connectivity index (χ3n) is 8.06. The van der Waals surface area contributed by atoms with Crippen LogP contribution in [-0.4, -0.2) is 59.4 Å². The molecule has 3 unspecified atom stereocenters. The Hall–Kier alpha value is -3.38. The maximum Gasteiger partial charge on any atom is 0.317 e. The molecule has 37 heavy (non-hydrogen) atoms. The summed E-state index contributed by atoms with van der Waals surface area (Å²) in [6.45, 7) is 11.6. The number of aromatic nitrogens is 2. The number of urea groups is 1. The van der Waals surface area contributed by atoms with Gasteiger partial charge >= 0.3 is 6.03 Å². The summed E-state index contributed by atoms with van der Waals surface area (Å²) in [4.78, 5) is 19.6. The van der Waals surface area contributed by atoms with Crippen molar-refractivity contribution < 1.29 is 14.1 Å². The molecule has 0 bridgehead atoms. The highest BCUT2D eigenvalue weighted by Gasteiger charge is 2.44. The fourth-order valence-corrected chi connectivity index (χ4v) is 6.01. The zero-order valence-electron chi connectivity index (χ0n) is 22.1. The molecule has 9 heteroatoms. The van der Waals surface area contributed by atoms with Gasteiger partial charge in [0.15, 0.2) is 5.82 Å². The summed E-state index contributed by atoms with van der Waals surface area (Å²) in [6, 6.07) is 7.72. The lowest BCUT2D eigenvalue weighted by Crippen LogP contribution is -2.53. The van der Waals surface area contributed by atoms with E-state index in [2.05, 4.69) is 35.7 Å². The highest BCUT2D eigenvalue weighted by molar-refractivity contribution is 5.75. The molecule has 2 aromatic rings. The first-order valence-corrected chi connectivity index (χ1v) is 13.4. The molecule has 1 aliphatic heterocycles.